The maximum Gasteiger partial charge on any atom is 0.211 e. The minimum Gasteiger partial charge on any atom is -0.505 e. The molecule has 8 nitrogen and oxygen atoms in total. The number of piperazine rings is 1. The SMILES string of the molecule is CS(=O)(=O)N1CCN(c2cc3cnn(-c4cccc(O)c4F)c3cn2)CC1. The van der Waals surface area contributed by atoms with Crippen LogP contribution in [0.5, 0.6) is 5.75 Å². The number of halogens is 1. The van der Waals surface area contributed by atoms with Gasteiger partial charge in [0.15, 0.2) is 11.6 Å². The number of nitrogens with zero attached hydrogens (tertiary/aromatic N) is 5. The van der Waals surface area contributed by atoms with E-state index in [9.17, 15) is 17.9 Å². The van der Waals surface area contributed by atoms with Crippen LogP contribution in [0.4, 0.5) is 10.2 Å². The first-order valence-corrected chi connectivity index (χ1v) is 10.2. The molecule has 0 radical (unpaired) electrons. The van der Waals surface area contributed by atoms with Gasteiger partial charge in [-0.1, -0.05) is 6.07 Å². The highest BCUT2D eigenvalue weighted by molar-refractivity contribution is 7.88. The fourth-order valence-electron chi connectivity index (χ4n) is 3.20. The van der Waals surface area contributed by atoms with E-state index in [1.807, 2.05) is 11.0 Å². The maximum atomic E-state index is 14.2. The van der Waals surface area contributed by atoms with E-state index in [0.29, 0.717) is 37.5 Å². The summed E-state index contributed by atoms with van der Waals surface area (Å²) in [4.78, 5) is 6.45. The third-order valence-corrected chi connectivity index (χ3v) is 5.96. The fourth-order valence-corrected chi connectivity index (χ4v) is 4.03. The van der Waals surface area contributed by atoms with Gasteiger partial charge in [0.1, 0.15) is 11.5 Å². The molecule has 142 valence electrons. The molecule has 0 aliphatic carbocycles. The second-order valence-corrected chi connectivity index (χ2v) is 8.40. The first-order chi connectivity index (χ1) is 12.8. The molecular formula is C17H18FN5O3S. The van der Waals surface area contributed by atoms with E-state index in [0.717, 1.165) is 5.39 Å². The van der Waals surface area contributed by atoms with Crippen molar-refractivity contribution in [2.75, 3.05) is 37.3 Å². The van der Waals surface area contributed by atoms with E-state index in [2.05, 4.69) is 10.1 Å². The number of aromatic hydroxyl groups is 1. The molecule has 4 rings (SSSR count). The lowest BCUT2D eigenvalue weighted by Gasteiger charge is -2.33. The summed E-state index contributed by atoms with van der Waals surface area (Å²) >= 11 is 0. The Morgan fingerprint density at radius 1 is 1.15 bits per heavy atom. The summed E-state index contributed by atoms with van der Waals surface area (Å²) in [5.74, 6) is -0.473. The van der Waals surface area contributed by atoms with Gasteiger partial charge in [-0.05, 0) is 18.2 Å². The Hall–Kier alpha value is -2.72. The highest BCUT2D eigenvalue weighted by Crippen LogP contribution is 2.26. The molecule has 1 N–H and O–H groups in total. The first-order valence-electron chi connectivity index (χ1n) is 8.36. The van der Waals surface area contributed by atoms with Gasteiger partial charge in [0.2, 0.25) is 10.0 Å². The van der Waals surface area contributed by atoms with Crippen LogP contribution < -0.4 is 4.90 Å². The lowest BCUT2D eigenvalue weighted by Crippen LogP contribution is -2.48. The molecule has 0 unspecified atom stereocenters. The van der Waals surface area contributed by atoms with Crippen LogP contribution >= 0.6 is 0 Å². The largest absolute Gasteiger partial charge is 0.505 e. The molecule has 1 aliphatic heterocycles. The van der Waals surface area contributed by atoms with Gasteiger partial charge in [-0.2, -0.15) is 9.40 Å². The minimum atomic E-state index is -3.18. The summed E-state index contributed by atoms with van der Waals surface area (Å²) in [6.07, 6.45) is 4.42. The number of sulfonamides is 1. The number of anilines is 1. The van der Waals surface area contributed by atoms with Crippen molar-refractivity contribution in [3.05, 3.63) is 42.5 Å². The van der Waals surface area contributed by atoms with Gasteiger partial charge < -0.3 is 10.0 Å². The molecule has 0 spiro atoms. The number of phenolic OH excluding ortho intramolecular Hbond substituents is 1. The van der Waals surface area contributed by atoms with E-state index in [1.54, 1.807) is 18.5 Å². The molecule has 1 saturated heterocycles. The van der Waals surface area contributed by atoms with Crippen molar-refractivity contribution in [2.45, 2.75) is 0 Å². The Morgan fingerprint density at radius 2 is 1.89 bits per heavy atom. The van der Waals surface area contributed by atoms with Crippen LogP contribution in [0.2, 0.25) is 0 Å². The third-order valence-electron chi connectivity index (χ3n) is 4.66. The number of hydrogen-bond acceptors (Lipinski definition) is 6. The number of benzene rings is 1. The van der Waals surface area contributed by atoms with Crippen LogP contribution in [0, 0.1) is 5.82 Å². The number of phenols is 1. The van der Waals surface area contributed by atoms with Gasteiger partial charge in [0.05, 0.1) is 24.2 Å². The number of rotatable bonds is 3. The average molecular weight is 391 g/mol. The zero-order valence-corrected chi connectivity index (χ0v) is 15.4. The fraction of sp³-hybridized carbons (Fsp3) is 0.294. The van der Waals surface area contributed by atoms with E-state index in [-0.39, 0.29) is 5.69 Å². The molecule has 3 heterocycles. The molecular weight excluding hydrogens is 373 g/mol. The highest BCUT2D eigenvalue weighted by Gasteiger charge is 2.24. The monoisotopic (exact) mass is 391 g/mol. The Morgan fingerprint density at radius 3 is 2.59 bits per heavy atom. The number of aromatic nitrogens is 3. The van der Waals surface area contributed by atoms with Crippen molar-refractivity contribution in [3.8, 4) is 11.4 Å². The Kier molecular flexibility index (Phi) is 4.23. The number of pyridine rings is 1. The predicted molar refractivity (Wildman–Crippen MR) is 99.1 cm³/mol. The molecule has 1 fully saturated rings. The summed E-state index contributed by atoms with van der Waals surface area (Å²) in [6, 6.07) is 6.19. The quantitative estimate of drug-likeness (QED) is 0.725. The molecule has 0 amide bonds. The molecule has 1 aromatic carbocycles. The molecule has 10 heteroatoms. The van der Waals surface area contributed by atoms with Crippen LogP contribution in [0.25, 0.3) is 16.6 Å². The first kappa shape index (κ1) is 17.7. The van der Waals surface area contributed by atoms with Gasteiger partial charge in [0, 0.05) is 31.6 Å². The van der Waals surface area contributed by atoms with Gasteiger partial charge in [-0.3, -0.25) is 0 Å². The second kappa shape index (κ2) is 6.46. The molecule has 0 saturated carbocycles. The molecule has 2 aromatic heterocycles. The molecule has 1 aliphatic rings. The lowest BCUT2D eigenvalue weighted by atomic mass is 10.2. The van der Waals surface area contributed by atoms with Crippen molar-refractivity contribution >= 4 is 26.7 Å². The van der Waals surface area contributed by atoms with Gasteiger partial charge in [-0.25, -0.2) is 22.5 Å². The van der Waals surface area contributed by atoms with Crippen LogP contribution in [-0.4, -0.2) is 65.0 Å². The van der Waals surface area contributed by atoms with Crippen LogP contribution in [0.3, 0.4) is 0 Å². The lowest BCUT2D eigenvalue weighted by molar-refractivity contribution is 0.387. The Labute approximate surface area is 155 Å². The van der Waals surface area contributed by atoms with Gasteiger partial charge >= 0.3 is 0 Å². The summed E-state index contributed by atoms with van der Waals surface area (Å²) < 4.78 is 40.3. The Balaban J connectivity index is 1.63. The summed E-state index contributed by atoms with van der Waals surface area (Å²) in [6.45, 7) is 1.90. The smallest absolute Gasteiger partial charge is 0.211 e. The normalized spacial score (nSPS) is 16.1. The zero-order valence-electron chi connectivity index (χ0n) is 14.6. The van der Waals surface area contributed by atoms with Gasteiger partial charge in [0.25, 0.3) is 0 Å². The molecule has 0 bridgehead atoms. The summed E-state index contributed by atoms with van der Waals surface area (Å²) in [7, 11) is -3.18. The van der Waals surface area contributed by atoms with Crippen molar-refractivity contribution in [3.63, 3.8) is 0 Å². The standard InChI is InChI=1S/C17H18FN5O3S/c1-27(25,26)22-7-5-21(6-8-22)16-9-12-10-20-23(14(12)11-19-16)13-3-2-4-15(24)17(13)18/h2-4,9-11,24H,5-8H2,1H3. The van der Waals surface area contributed by atoms with Gasteiger partial charge in [-0.15, -0.1) is 0 Å². The molecule has 27 heavy (non-hydrogen) atoms. The third kappa shape index (κ3) is 3.21. The van der Waals surface area contributed by atoms with Crippen molar-refractivity contribution in [2.24, 2.45) is 0 Å². The van der Waals surface area contributed by atoms with Crippen LogP contribution in [0.15, 0.2) is 36.7 Å². The predicted octanol–water partition coefficient (Wildman–Crippen LogP) is 1.35. The molecule has 0 atom stereocenters. The average Bonchev–Trinajstić information content (AvgIpc) is 3.06. The topological polar surface area (TPSA) is 91.6 Å². The molecule has 3 aromatic rings. The zero-order chi connectivity index (χ0) is 19.2. The minimum absolute atomic E-state index is 0.140. The van der Waals surface area contributed by atoms with Crippen molar-refractivity contribution in [1.82, 2.24) is 19.1 Å². The van der Waals surface area contributed by atoms with Crippen molar-refractivity contribution in [1.29, 1.82) is 0 Å². The second-order valence-electron chi connectivity index (χ2n) is 6.42. The van der Waals surface area contributed by atoms with Crippen molar-refractivity contribution < 1.29 is 17.9 Å². The summed E-state index contributed by atoms with van der Waals surface area (Å²) in [5, 5.41) is 14.6. The Bertz CT molecular complexity index is 1110. The van der Waals surface area contributed by atoms with E-state index in [4.69, 9.17) is 0 Å². The number of hydrogen-bond donors (Lipinski definition) is 1. The van der Waals surface area contributed by atoms with Crippen LogP contribution in [-0.2, 0) is 10.0 Å². The number of fused-ring (bicyclic) bond motifs is 1. The summed E-state index contributed by atoms with van der Waals surface area (Å²) in [5.41, 5.74) is 0.749. The highest BCUT2D eigenvalue weighted by atomic mass is 32.2. The van der Waals surface area contributed by atoms with E-state index in [1.165, 1.54) is 27.4 Å². The van der Waals surface area contributed by atoms with Crippen LogP contribution in [0.1, 0.15) is 0 Å². The maximum absolute atomic E-state index is 14.2. The van der Waals surface area contributed by atoms with E-state index < -0.39 is 21.6 Å². The van der Waals surface area contributed by atoms with E-state index >= 15 is 0 Å².